The van der Waals surface area contributed by atoms with E-state index in [0.717, 1.165) is 46.3 Å². The molecule has 3 heterocycles. The lowest BCUT2D eigenvalue weighted by molar-refractivity contribution is 0.0393. The molecule has 1 atom stereocenters. The molecule has 0 aliphatic carbocycles. The van der Waals surface area contributed by atoms with Crippen LogP contribution in [0.25, 0.3) is 10.9 Å². The van der Waals surface area contributed by atoms with Crippen molar-refractivity contribution in [2.45, 2.75) is 13.0 Å². The van der Waals surface area contributed by atoms with Gasteiger partial charge in [-0.15, -0.1) is 11.3 Å². The standard InChI is InChI=1S/C18H19N3O2S/c1-12-11-24-18(19-12)16-10-21(7-8-23-16)17-6-3-13-9-14(22-2)4-5-15(13)20-17/h3-6,9,11,16H,7-8,10H2,1-2H3. The van der Waals surface area contributed by atoms with Gasteiger partial charge in [0.25, 0.3) is 0 Å². The number of pyridine rings is 1. The average molecular weight is 341 g/mol. The van der Waals surface area contributed by atoms with E-state index in [4.69, 9.17) is 14.5 Å². The molecule has 1 aromatic carbocycles. The fourth-order valence-electron chi connectivity index (χ4n) is 2.92. The second kappa shape index (κ2) is 6.37. The summed E-state index contributed by atoms with van der Waals surface area (Å²) >= 11 is 1.66. The number of anilines is 1. The summed E-state index contributed by atoms with van der Waals surface area (Å²) in [5.74, 6) is 1.83. The lowest BCUT2D eigenvalue weighted by atomic mass is 10.2. The van der Waals surface area contributed by atoms with Crippen molar-refractivity contribution in [1.82, 2.24) is 9.97 Å². The first-order valence-electron chi connectivity index (χ1n) is 7.96. The van der Waals surface area contributed by atoms with Crippen LogP contribution in [0.4, 0.5) is 5.82 Å². The molecule has 0 spiro atoms. The first-order valence-corrected chi connectivity index (χ1v) is 8.84. The number of thiazole rings is 1. The summed E-state index contributed by atoms with van der Waals surface area (Å²) in [6.07, 6.45) is 0.0193. The van der Waals surface area contributed by atoms with Crippen LogP contribution in [-0.2, 0) is 4.74 Å². The molecule has 1 aliphatic rings. The van der Waals surface area contributed by atoms with Crippen LogP contribution in [-0.4, -0.2) is 36.8 Å². The molecule has 0 N–H and O–H groups in total. The molecule has 1 fully saturated rings. The fraction of sp³-hybridized carbons (Fsp3) is 0.333. The molecular weight excluding hydrogens is 322 g/mol. The van der Waals surface area contributed by atoms with Crippen LogP contribution in [0.2, 0.25) is 0 Å². The minimum absolute atomic E-state index is 0.0193. The van der Waals surface area contributed by atoms with E-state index in [0.29, 0.717) is 6.61 Å². The monoisotopic (exact) mass is 341 g/mol. The fourth-order valence-corrected chi connectivity index (χ4v) is 3.76. The Kier molecular flexibility index (Phi) is 4.08. The van der Waals surface area contributed by atoms with Gasteiger partial charge < -0.3 is 14.4 Å². The smallest absolute Gasteiger partial charge is 0.129 e. The molecule has 1 saturated heterocycles. The molecular formula is C18H19N3O2S. The van der Waals surface area contributed by atoms with Gasteiger partial charge in [-0.1, -0.05) is 0 Å². The number of methoxy groups -OCH3 is 1. The maximum absolute atomic E-state index is 5.91. The van der Waals surface area contributed by atoms with Gasteiger partial charge in [0.1, 0.15) is 22.7 Å². The Hall–Kier alpha value is -2.18. The molecule has 0 bridgehead atoms. The highest BCUT2D eigenvalue weighted by Crippen LogP contribution is 2.29. The molecule has 24 heavy (non-hydrogen) atoms. The number of rotatable bonds is 3. The van der Waals surface area contributed by atoms with Crippen LogP contribution in [0.15, 0.2) is 35.7 Å². The van der Waals surface area contributed by atoms with Gasteiger partial charge in [-0.05, 0) is 37.3 Å². The molecule has 6 heteroatoms. The van der Waals surface area contributed by atoms with E-state index >= 15 is 0 Å². The van der Waals surface area contributed by atoms with E-state index in [1.54, 1.807) is 18.4 Å². The molecule has 3 aromatic rings. The zero-order chi connectivity index (χ0) is 16.5. The highest BCUT2D eigenvalue weighted by Gasteiger charge is 2.25. The number of fused-ring (bicyclic) bond motifs is 1. The Balaban J connectivity index is 1.59. The van der Waals surface area contributed by atoms with Crippen LogP contribution in [0, 0.1) is 6.92 Å². The van der Waals surface area contributed by atoms with Gasteiger partial charge in [0, 0.05) is 23.0 Å². The van der Waals surface area contributed by atoms with Crippen LogP contribution >= 0.6 is 11.3 Å². The van der Waals surface area contributed by atoms with E-state index in [1.165, 1.54) is 0 Å². The number of hydrogen-bond donors (Lipinski definition) is 0. The minimum Gasteiger partial charge on any atom is -0.497 e. The van der Waals surface area contributed by atoms with Gasteiger partial charge >= 0.3 is 0 Å². The molecule has 0 radical (unpaired) electrons. The summed E-state index contributed by atoms with van der Waals surface area (Å²) in [6.45, 7) is 4.32. The van der Waals surface area contributed by atoms with E-state index in [-0.39, 0.29) is 6.10 Å². The third-order valence-electron chi connectivity index (χ3n) is 4.18. The number of benzene rings is 1. The predicted octanol–water partition coefficient (Wildman–Crippen LogP) is 3.59. The third-order valence-corrected chi connectivity index (χ3v) is 5.24. The second-order valence-electron chi connectivity index (χ2n) is 5.86. The molecule has 2 aromatic heterocycles. The highest BCUT2D eigenvalue weighted by molar-refractivity contribution is 7.09. The van der Waals surface area contributed by atoms with Gasteiger partial charge in [-0.3, -0.25) is 0 Å². The van der Waals surface area contributed by atoms with Crippen molar-refractivity contribution in [3.8, 4) is 5.75 Å². The summed E-state index contributed by atoms with van der Waals surface area (Å²) in [5.41, 5.74) is 2.02. The zero-order valence-electron chi connectivity index (χ0n) is 13.7. The largest absolute Gasteiger partial charge is 0.497 e. The van der Waals surface area contributed by atoms with Gasteiger partial charge in [-0.25, -0.2) is 9.97 Å². The number of aromatic nitrogens is 2. The molecule has 4 rings (SSSR count). The van der Waals surface area contributed by atoms with Crippen LogP contribution < -0.4 is 9.64 Å². The predicted molar refractivity (Wildman–Crippen MR) is 96.1 cm³/mol. The number of morpholine rings is 1. The summed E-state index contributed by atoms with van der Waals surface area (Å²) < 4.78 is 11.2. The molecule has 0 amide bonds. The number of ether oxygens (including phenoxy) is 2. The molecule has 0 saturated carbocycles. The van der Waals surface area contributed by atoms with E-state index in [9.17, 15) is 0 Å². The SMILES string of the molecule is COc1ccc2nc(N3CCOC(c4nc(C)cs4)C3)ccc2c1. The topological polar surface area (TPSA) is 47.5 Å². The van der Waals surface area contributed by atoms with Crippen molar-refractivity contribution in [3.05, 3.63) is 46.4 Å². The maximum atomic E-state index is 5.91. The number of nitrogens with zero attached hydrogens (tertiary/aromatic N) is 3. The lowest BCUT2D eigenvalue weighted by Gasteiger charge is -2.33. The summed E-state index contributed by atoms with van der Waals surface area (Å²) in [7, 11) is 1.68. The number of aryl methyl sites for hydroxylation is 1. The van der Waals surface area contributed by atoms with Crippen molar-refractivity contribution < 1.29 is 9.47 Å². The third kappa shape index (κ3) is 2.95. The maximum Gasteiger partial charge on any atom is 0.129 e. The van der Waals surface area contributed by atoms with E-state index in [1.807, 2.05) is 25.1 Å². The average Bonchev–Trinajstić information content (AvgIpc) is 3.07. The van der Waals surface area contributed by atoms with Gasteiger partial charge in [0.05, 0.1) is 25.8 Å². The second-order valence-corrected chi connectivity index (χ2v) is 6.75. The highest BCUT2D eigenvalue weighted by atomic mass is 32.1. The van der Waals surface area contributed by atoms with Gasteiger partial charge in [0.2, 0.25) is 0 Å². The normalized spacial score (nSPS) is 18.1. The van der Waals surface area contributed by atoms with Crippen molar-refractivity contribution in [2.24, 2.45) is 0 Å². The Labute approximate surface area is 144 Å². The molecule has 5 nitrogen and oxygen atoms in total. The van der Waals surface area contributed by atoms with Gasteiger partial charge in [0.15, 0.2) is 0 Å². The molecule has 124 valence electrons. The zero-order valence-corrected chi connectivity index (χ0v) is 14.5. The van der Waals surface area contributed by atoms with E-state index < -0.39 is 0 Å². The molecule has 1 unspecified atom stereocenters. The van der Waals surface area contributed by atoms with Crippen LogP contribution in [0.1, 0.15) is 16.8 Å². The Morgan fingerprint density at radius 3 is 2.96 bits per heavy atom. The van der Waals surface area contributed by atoms with E-state index in [2.05, 4.69) is 27.4 Å². The Morgan fingerprint density at radius 2 is 2.17 bits per heavy atom. The molecule has 1 aliphatic heterocycles. The summed E-state index contributed by atoms with van der Waals surface area (Å²) in [6, 6.07) is 10.1. The van der Waals surface area contributed by atoms with Crippen molar-refractivity contribution in [3.63, 3.8) is 0 Å². The van der Waals surface area contributed by atoms with Crippen molar-refractivity contribution in [2.75, 3.05) is 31.7 Å². The summed E-state index contributed by atoms with van der Waals surface area (Å²) in [5, 5.41) is 4.19. The Bertz CT molecular complexity index is 864. The van der Waals surface area contributed by atoms with Crippen LogP contribution in [0.5, 0.6) is 5.75 Å². The Morgan fingerprint density at radius 1 is 1.25 bits per heavy atom. The van der Waals surface area contributed by atoms with Crippen LogP contribution in [0.3, 0.4) is 0 Å². The first kappa shape index (κ1) is 15.4. The van der Waals surface area contributed by atoms with Crippen molar-refractivity contribution in [1.29, 1.82) is 0 Å². The lowest BCUT2D eigenvalue weighted by Crippen LogP contribution is -2.38. The quantitative estimate of drug-likeness (QED) is 0.729. The van der Waals surface area contributed by atoms with Gasteiger partial charge in [-0.2, -0.15) is 0 Å². The van der Waals surface area contributed by atoms with Crippen molar-refractivity contribution >= 4 is 28.1 Å². The minimum atomic E-state index is 0.0193. The first-order chi connectivity index (χ1) is 11.7. The summed E-state index contributed by atoms with van der Waals surface area (Å²) in [4.78, 5) is 11.6. The number of hydrogen-bond acceptors (Lipinski definition) is 6.